The third-order valence-corrected chi connectivity index (χ3v) is 11.1. The Hall–Kier alpha value is -3.41. The smallest absolute Gasteiger partial charge is 0.306 e. The lowest BCUT2D eigenvalue weighted by molar-refractivity contribution is -0.167. The highest BCUT2D eigenvalue weighted by molar-refractivity contribution is 5.71. The van der Waals surface area contributed by atoms with Crippen molar-refractivity contribution in [1.82, 2.24) is 0 Å². The number of esters is 3. The average Bonchev–Trinajstić information content (AvgIpc) is 3.29. The van der Waals surface area contributed by atoms with Crippen molar-refractivity contribution in [3.63, 3.8) is 0 Å². The normalized spacial score (nSPS) is 12.7. The van der Waals surface area contributed by atoms with Gasteiger partial charge in [-0.2, -0.15) is 0 Å². The molecule has 366 valence electrons. The summed E-state index contributed by atoms with van der Waals surface area (Å²) < 4.78 is 16.7. The van der Waals surface area contributed by atoms with Gasteiger partial charge in [-0.15, -0.1) is 0 Å². The standard InChI is InChI=1S/C58H98O6/c1-4-7-10-13-16-19-22-25-27-29-31-33-36-38-41-44-47-50-56(59)62-53-55(64-58(61)52-49-46-43-40-35-24-21-18-15-12-9-6-3)54-63-57(60)51-48-45-42-39-37-34-32-30-28-26-23-20-17-14-11-8-5-2/h7,10,16,19,25-28,31-34,39,42,55H,4-6,8-9,11-15,17-18,20-24,29-30,35-38,40-41,43-54H2,1-3H3/b10-7-,19-16-,27-25-,28-26-,33-31-,34-32-,42-39-/t55-/m1/s1. The van der Waals surface area contributed by atoms with Crippen LogP contribution in [0.2, 0.25) is 0 Å². The van der Waals surface area contributed by atoms with Crippen molar-refractivity contribution in [2.45, 2.75) is 252 Å². The van der Waals surface area contributed by atoms with E-state index >= 15 is 0 Å². The van der Waals surface area contributed by atoms with Gasteiger partial charge in [0.15, 0.2) is 6.10 Å². The lowest BCUT2D eigenvalue weighted by Crippen LogP contribution is -2.30. The second-order valence-electron chi connectivity index (χ2n) is 17.4. The molecular formula is C58H98O6. The van der Waals surface area contributed by atoms with Crippen LogP contribution in [0.4, 0.5) is 0 Å². The van der Waals surface area contributed by atoms with Crippen LogP contribution >= 0.6 is 0 Å². The molecule has 0 aromatic heterocycles. The third-order valence-electron chi connectivity index (χ3n) is 11.1. The number of rotatable bonds is 47. The van der Waals surface area contributed by atoms with E-state index in [-0.39, 0.29) is 37.5 Å². The molecule has 0 aromatic rings. The first-order valence-electron chi connectivity index (χ1n) is 26.6. The van der Waals surface area contributed by atoms with E-state index in [1.165, 1.54) is 103 Å². The van der Waals surface area contributed by atoms with E-state index in [4.69, 9.17) is 14.2 Å². The summed E-state index contributed by atoms with van der Waals surface area (Å²) in [5.41, 5.74) is 0. The van der Waals surface area contributed by atoms with Crippen molar-refractivity contribution >= 4 is 17.9 Å². The molecule has 0 aliphatic heterocycles. The fraction of sp³-hybridized carbons (Fsp3) is 0.707. The SMILES string of the molecule is CC/C=C\C/C=C\C/C=C\C/C=C\CCCCCCC(=O)OC[C@H](COC(=O)CCC/C=C\C/C=C\C/C=C\CCCCCCCC)OC(=O)CCCCCCCCCCCCCC. The fourth-order valence-corrected chi connectivity index (χ4v) is 7.15. The van der Waals surface area contributed by atoms with E-state index in [1.54, 1.807) is 0 Å². The Balaban J connectivity index is 4.48. The Bertz CT molecular complexity index is 1250. The van der Waals surface area contributed by atoms with E-state index in [2.05, 4.69) is 106 Å². The summed E-state index contributed by atoms with van der Waals surface area (Å²) in [7, 11) is 0. The van der Waals surface area contributed by atoms with Crippen molar-refractivity contribution in [1.29, 1.82) is 0 Å². The minimum absolute atomic E-state index is 0.104. The largest absolute Gasteiger partial charge is 0.462 e. The summed E-state index contributed by atoms with van der Waals surface area (Å²) in [6.07, 6.45) is 67.1. The van der Waals surface area contributed by atoms with Crippen LogP contribution < -0.4 is 0 Å². The molecule has 0 aromatic carbocycles. The van der Waals surface area contributed by atoms with Gasteiger partial charge in [0.2, 0.25) is 0 Å². The monoisotopic (exact) mass is 891 g/mol. The van der Waals surface area contributed by atoms with Crippen LogP contribution in [0.3, 0.4) is 0 Å². The number of carbonyl (C=O) groups excluding carboxylic acids is 3. The van der Waals surface area contributed by atoms with E-state index < -0.39 is 6.10 Å². The fourth-order valence-electron chi connectivity index (χ4n) is 7.15. The van der Waals surface area contributed by atoms with Crippen molar-refractivity contribution in [2.24, 2.45) is 0 Å². The van der Waals surface area contributed by atoms with E-state index in [1.807, 2.05) is 0 Å². The first-order chi connectivity index (χ1) is 31.5. The lowest BCUT2D eigenvalue weighted by Gasteiger charge is -2.18. The van der Waals surface area contributed by atoms with Gasteiger partial charge in [0.1, 0.15) is 13.2 Å². The van der Waals surface area contributed by atoms with Gasteiger partial charge >= 0.3 is 17.9 Å². The molecule has 0 bridgehead atoms. The zero-order chi connectivity index (χ0) is 46.5. The third kappa shape index (κ3) is 49.6. The van der Waals surface area contributed by atoms with Gasteiger partial charge in [0, 0.05) is 19.3 Å². The van der Waals surface area contributed by atoms with Crippen molar-refractivity contribution in [3.05, 3.63) is 85.1 Å². The Labute approximate surface area is 395 Å². The van der Waals surface area contributed by atoms with Gasteiger partial charge in [-0.1, -0.05) is 221 Å². The highest BCUT2D eigenvalue weighted by atomic mass is 16.6. The molecule has 6 nitrogen and oxygen atoms in total. The predicted octanol–water partition coefficient (Wildman–Crippen LogP) is 17.6. The maximum absolute atomic E-state index is 12.8. The molecule has 0 unspecified atom stereocenters. The molecule has 0 aliphatic carbocycles. The van der Waals surface area contributed by atoms with Gasteiger partial charge in [-0.05, 0) is 89.9 Å². The maximum Gasteiger partial charge on any atom is 0.306 e. The Morgan fingerprint density at radius 2 is 0.625 bits per heavy atom. The van der Waals surface area contributed by atoms with Crippen LogP contribution in [-0.2, 0) is 28.6 Å². The highest BCUT2D eigenvalue weighted by Crippen LogP contribution is 2.14. The molecule has 0 aliphatic rings. The molecule has 0 amide bonds. The van der Waals surface area contributed by atoms with Gasteiger partial charge in [-0.25, -0.2) is 0 Å². The number of ether oxygens (including phenoxy) is 3. The molecule has 6 heteroatoms. The molecule has 0 spiro atoms. The van der Waals surface area contributed by atoms with E-state index in [0.29, 0.717) is 19.3 Å². The molecule has 0 radical (unpaired) electrons. The van der Waals surface area contributed by atoms with Crippen molar-refractivity contribution in [2.75, 3.05) is 13.2 Å². The van der Waals surface area contributed by atoms with Crippen LogP contribution in [-0.4, -0.2) is 37.2 Å². The number of hydrogen-bond acceptors (Lipinski definition) is 6. The van der Waals surface area contributed by atoms with Crippen LogP contribution in [0.15, 0.2) is 85.1 Å². The highest BCUT2D eigenvalue weighted by Gasteiger charge is 2.19. The predicted molar refractivity (Wildman–Crippen MR) is 274 cm³/mol. The number of carbonyl (C=O) groups is 3. The molecule has 0 heterocycles. The van der Waals surface area contributed by atoms with Crippen LogP contribution in [0.25, 0.3) is 0 Å². The summed E-state index contributed by atoms with van der Waals surface area (Å²) >= 11 is 0. The zero-order valence-corrected chi connectivity index (χ0v) is 41.8. The molecule has 64 heavy (non-hydrogen) atoms. The minimum atomic E-state index is -0.805. The van der Waals surface area contributed by atoms with Crippen LogP contribution in [0.5, 0.6) is 0 Å². The molecule has 0 saturated heterocycles. The number of allylic oxidation sites excluding steroid dienone is 14. The summed E-state index contributed by atoms with van der Waals surface area (Å²) in [5.74, 6) is -0.977. The minimum Gasteiger partial charge on any atom is -0.462 e. The maximum atomic E-state index is 12.8. The number of hydrogen-bond donors (Lipinski definition) is 0. The molecule has 1 atom stereocenters. The summed E-state index contributed by atoms with van der Waals surface area (Å²) in [5, 5.41) is 0. The van der Waals surface area contributed by atoms with Crippen molar-refractivity contribution in [3.8, 4) is 0 Å². The molecular weight excluding hydrogens is 793 g/mol. The topological polar surface area (TPSA) is 78.9 Å². The van der Waals surface area contributed by atoms with Gasteiger partial charge in [0.25, 0.3) is 0 Å². The second-order valence-corrected chi connectivity index (χ2v) is 17.4. The summed E-state index contributed by atoms with van der Waals surface area (Å²) in [4.78, 5) is 38.0. The van der Waals surface area contributed by atoms with E-state index in [9.17, 15) is 14.4 Å². The van der Waals surface area contributed by atoms with Gasteiger partial charge in [-0.3, -0.25) is 14.4 Å². The summed E-state index contributed by atoms with van der Waals surface area (Å²) in [6.45, 7) is 6.45. The van der Waals surface area contributed by atoms with Crippen LogP contribution in [0.1, 0.15) is 245 Å². The van der Waals surface area contributed by atoms with Crippen LogP contribution in [0, 0.1) is 0 Å². The Morgan fingerprint density at radius 1 is 0.328 bits per heavy atom. The zero-order valence-electron chi connectivity index (χ0n) is 41.8. The Morgan fingerprint density at radius 3 is 1.02 bits per heavy atom. The Kier molecular flexibility index (Phi) is 49.4. The average molecular weight is 891 g/mol. The van der Waals surface area contributed by atoms with Gasteiger partial charge in [0.05, 0.1) is 0 Å². The van der Waals surface area contributed by atoms with Crippen molar-refractivity contribution < 1.29 is 28.6 Å². The van der Waals surface area contributed by atoms with Gasteiger partial charge < -0.3 is 14.2 Å². The quantitative estimate of drug-likeness (QED) is 0.0262. The van der Waals surface area contributed by atoms with E-state index in [0.717, 1.165) is 96.3 Å². The molecule has 0 saturated carbocycles. The second kappa shape index (κ2) is 52.2. The molecule has 0 rings (SSSR count). The molecule has 0 fully saturated rings. The lowest BCUT2D eigenvalue weighted by atomic mass is 10.0. The first kappa shape index (κ1) is 60.6. The molecule has 0 N–H and O–H groups in total. The summed E-state index contributed by atoms with van der Waals surface area (Å²) in [6, 6.07) is 0. The number of unbranched alkanes of at least 4 members (excludes halogenated alkanes) is 22. The first-order valence-corrected chi connectivity index (χ1v) is 26.6.